The smallest absolute Gasteiger partial charge is 0.316 e. The van der Waals surface area contributed by atoms with Crippen molar-refractivity contribution in [1.82, 2.24) is 15.0 Å². The number of nitrogens with zero attached hydrogens (tertiary/aromatic N) is 4. The lowest BCUT2D eigenvalue weighted by molar-refractivity contribution is 0.0272. The fourth-order valence-electron chi connectivity index (χ4n) is 4.36. The summed E-state index contributed by atoms with van der Waals surface area (Å²) in [6.07, 6.45) is 0.659. The number of hydrogen-bond donors (Lipinski definition) is 0. The quantitative estimate of drug-likeness (QED) is 0.580. The monoisotopic (exact) mass is 468 g/mol. The van der Waals surface area contributed by atoms with Crippen molar-refractivity contribution in [3.05, 3.63) is 59.5 Å². The van der Waals surface area contributed by atoms with Crippen molar-refractivity contribution in [1.29, 1.82) is 0 Å². The lowest BCUT2D eigenvalue weighted by Gasteiger charge is -2.25. The Kier molecular flexibility index (Phi) is 5.41. The fraction of sp³-hybridized carbons (Fsp3) is 0.348. The molecule has 0 N–H and O–H groups in total. The second kappa shape index (κ2) is 8.27. The van der Waals surface area contributed by atoms with Crippen molar-refractivity contribution in [2.24, 2.45) is 0 Å². The van der Waals surface area contributed by atoms with Crippen LogP contribution in [0.1, 0.15) is 28.7 Å². The van der Waals surface area contributed by atoms with Gasteiger partial charge in [-0.2, -0.15) is 4.98 Å². The Morgan fingerprint density at radius 2 is 1.88 bits per heavy atom. The van der Waals surface area contributed by atoms with E-state index in [-0.39, 0.29) is 28.6 Å². The summed E-state index contributed by atoms with van der Waals surface area (Å²) in [7, 11) is -3.83. The Bertz CT molecular complexity index is 1310. The molecule has 0 radical (unpaired) electrons. The number of anilines is 1. The number of amides is 1. The van der Waals surface area contributed by atoms with Gasteiger partial charge in [-0.3, -0.25) is 9.10 Å². The molecule has 1 amide bonds. The van der Waals surface area contributed by atoms with Gasteiger partial charge >= 0.3 is 11.8 Å². The molecule has 9 nitrogen and oxygen atoms in total. The first kappa shape index (κ1) is 21.6. The molecule has 2 aliphatic rings. The summed E-state index contributed by atoms with van der Waals surface area (Å²) < 4.78 is 39.4. The van der Waals surface area contributed by atoms with Gasteiger partial charge in [-0.05, 0) is 43.5 Å². The first-order valence-electron chi connectivity index (χ1n) is 10.8. The Hall–Kier alpha value is -3.24. The van der Waals surface area contributed by atoms with Crippen molar-refractivity contribution in [2.45, 2.75) is 31.2 Å². The zero-order valence-corrected chi connectivity index (χ0v) is 19.2. The number of carbonyl (C=O) groups excluding carboxylic acids is 1. The van der Waals surface area contributed by atoms with Crippen LogP contribution in [0, 0.1) is 6.92 Å². The van der Waals surface area contributed by atoms with E-state index in [0.29, 0.717) is 49.5 Å². The lowest BCUT2D eigenvalue weighted by Crippen LogP contribution is -2.40. The van der Waals surface area contributed by atoms with Gasteiger partial charge in [0.15, 0.2) is 0 Å². The lowest BCUT2D eigenvalue weighted by atomic mass is 10.1. The first-order valence-corrected chi connectivity index (χ1v) is 12.2. The molecule has 1 aromatic heterocycles. The molecule has 10 heteroatoms. The molecule has 1 fully saturated rings. The molecule has 33 heavy (non-hydrogen) atoms. The average Bonchev–Trinajstić information content (AvgIpc) is 3.43. The minimum Gasteiger partial charge on any atom is -0.378 e. The number of para-hydroxylation sites is 1. The van der Waals surface area contributed by atoms with E-state index in [2.05, 4.69) is 10.1 Å². The van der Waals surface area contributed by atoms with Crippen LogP contribution in [-0.2, 0) is 21.2 Å². The Balaban J connectivity index is 1.48. The summed E-state index contributed by atoms with van der Waals surface area (Å²) in [6.45, 7) is 5.50. The van der Waals surface area contributed by atoms with Crippen molar-refractivity contribution >= 4 is 21.6 Å². The highest BCUT2D eigenvalue weighted by Gasteiger charge is 2.37. The van der Waals surface area contributed by atoms with E-state index in [1.165, 1.54) is 4.31 Å². The molecule has 5 rings (SSSR count). The largest absolute Gasteiger partial charge is 0.378 e. The third-order valence-corrected chi connectivity index (χ3v) is 8.11. The number of morpholine rings is 1. The highest BCUT2D eigenvalue weighted by atomic mass is 32.2. The molecule has 2 aromatic carbocycles. The standard InChI is InChI=1S/C23H24N4O5S/c1-15-7-8-18(21-24-22(32-25-21)23(28)26-9-11-31-12-10-26)14-20(15)33(29,30)27-16(2)13-17-5-3-4-6-19(17)27/h3-8,14,16H,9-13H2,1-2H3/t16-/m1/s1. The van der Waals surface area contributed by atoms with Crippen molar-refractivity contribution in [3.8, 4) is 11.4 Å². The van der Waals surface area contributed by atoms with Crippen molar-refractivity contribution in [2.75, 3.05) is 30.6 Å². The van der Waals surface area contributed by atoms with Crippen LogP contribution in [0.2, 0.25) is 0 Å². The second-order valence-electron chi connectivity index (χ2n) is 8.29. The number of ether oxygens (including phenoxy) is 1. The molecule has 172 valence electrons. The van der Waals surface area contributed by atoms with E-state index in [0.717, 1.165) is 5.56 Å². The number of rotatable bonds is 4. The van der Waals surface area contributed by atoms with E-state index in [9.17, 15) is 13.2 Å². The number of aromatic nitrogens is 2. The molecule has 0 saturated carbocycles. The SMILES string of the molecule is Cc1ccc(-c2noc(C(=O)N3CCOCC3)n2)cc1S(=O)(=O)N1c2ccccc2C[C@H]1C. The van der Waals surface area contributed by atoms with Gasteiger partial charge in [0.05, 0.1) is 23.8 Å². The fourth-order valence-corrected chi connectivity index (χ4v) is 6.30. The minimum absolute atomic E-state index is 0.126. The van der Waals surface area contributed by atoms with Gasteiger partial charge in [0.25, 0.3) is 10.0 Å². The van der Waals surface area contributed by atoms with Crippen LogP contribution in [0.5, 0.6) is 0 Å². The maximum Gasteiger partial charge on any atom is 0.316 e. The number of sulfonamides is 1. The van der Waals surface area contributed by atoms with Crippen LogP contribution < -0.4 is 4.31 Å². The third kappa shape index (κ3) is 3.79. The number of carbonyl (C=O) groups is 1. The number of fused-ring (bicyclic) bond motifs is 1. The van der Waals surface area contributed by atoms with Gasteiger partial charge in [-0.25, -0.2) is 8.42 Å². The molecular formula is C23H24N4O5S. The van der Waals surface area contributed by atoms with Gasteiger partial charge in [0, 0.05) is 24.7 Å². The Morgan fingerprint density at radius 1 is 1.12 bits per heavy atom. The molecular weight excluding hydrogens is 444 g/mol. The molecule has 1 atom stereocenters. The van der Waals surface area contributed by atoms with Crippen LogP contribution >= 0.6 is 0 Å². The maximum atomic E-state index is 13.7. The summed E-state index contributed by atoms with van der Waals surface area (Å²) in [5.74, 6) is -0.323. The van der Waals surface area contributed by atoms with Crippen LogP contribution in [-0.4, -0.2) is 61.7 Å². The predicted octanol–water partition coefficient (Wildman–Crippen LogP) is 2.66. The van der Waals surface area contributed by atoms with Gasteiger partial charge in [0.1, 0.15) is 0 Å². The van der Waals surface area contributed by atoms with Crippen LogP contribution in [0.4, 0.5) is 5.69 Å². The zero-order chi connectivity index (χ0) is 23.2. The summed E-state index contributed by atoms with van der Waals surface area (Å²) in [5, 5.41) is 3.93. The van der Waals surface area contributed by atoms with Crippen molar-refractivity contribution < 1.29 is 22.5 Å². The van der Waals surface area contributed by atoms with Crippen LogP contribution in [0.15, 0.2) is 51.9 Å². The predicted molar refractivity (Wildman–Crippen MR) is 120 cm³/mol. The number of benzene rings is 2. The van der Waals surface area contributed by atoms with Crippen LogP contribution in [0.3, 0.4) is 0 Å². The van der Waals surface area contributed by atoms with Crippen molar-refractivity contribution in [3.63, 3.8) is 0 Å². The van der Waals surface area contributed by atoms with Gasteiger partial charge < -0.3 is 14.2 Å². The van der Waals surface area contributed by atoms with Crippen LogP contribution in [0.25, 0.3) is 11.4 Å². The summed E-state index contributed by atoms with van der Waals surface area (Å²) in [4.78, 5) is 18.6. The van der Waals surface area contributed by atoms with E-state index in [1.54, 1.807) is 30.0 Å². The molecule has 1 saturated heterocycles. The van der Waals surface area contributed by atoms with E-state index < -0.39 is 10.0 Å². The molecule has 0 aliphatic carbocycles. The van der Waals surface area contributed by atoms with E-state index >= 15 is 0 Å². The highest BCUT2D eigenvalue weighted by Crippen LogP contribution is 2.37. The Morgan fingerprint density at radius 3 is 2.67 bits per heavy atom. The normalized spacial score (nSPS) is 18.4. The molecule has 0 bridgehead atoms. The van der Waals surface area contributed by atoms with Gasteiger partial charge in [0.2, 0.25) is 5.82 Å². The molecule has 3 aromatic rings. The summed E-state index contributed by atoms with van der Waals surface area (Å²) in [6, 6.07) is 12.3. The number of aryl methyl sites for hydroxylation is 1. The second-order valence-corrected chi connectivity index (χ2v) is 10.1. The Labute approximate surface area is 192 Å². The van der Waals surface area contributed by atoms with Gasteiger partial charge in [-0.1, -0.05) is 35.5 Å². The maximum absolute atomic E-state index is 13.7. The zero-order valence-electron chi connectivity index (χ0n) is 18.4. The highest BCUT2D eigenvalue weighted by molar-refractivity contribution is 7.93. The van der Waals surface area contributed by atoms with E-state index in [4.69, 9.17) is 9.26 Å². The molecule has 0 spiro atoms. The molecule has 3 heterocycles. The van der Waals surface area contributed by atoms with E-state index in [1.807, 2.05) is 31.2 Å². The molecule has 2 aliphatic heterocycles. The first-order chi connectivity index (χ1) is 15.9. The minimum atomic E-state index is -3.83. The molecule has 0 unspecified atom stereocenters. The topological polar surface area (TPSA) is 106 Å². The average molecular weight is 469 g/mol. The summed E-state index contributed by atoms with van der Waals surface area (Å²) >= 11 is 0. The van der Waals surface area contributed by atoms with Gasteiger partial charge in [-0.15, -0.1) is 0 Å². The number of hydrogen-bond acceptors (Lipinski definition) is 7. The summed E-state index contributed by atoms with van der Waals surface area (Å²) in [5.41, 5.74) is 2.78. The third-order valence-electron chi connectivity index (χ3n) is 6.04.